The lowest BCUT2D eigenvalue weighted by Crippen LogP contribution is -2.71. The van der Waals surface area contributed by atoms with Crippen LogP contribution in [-0.4, -0.2) is 51.9 Å². The van der Waals surface area contributed by atoms with Gasteiger partial charge in [-0.05, 0) is 47.9 Å². The molecule has 3 aliphatic rings. The third-order valence-electron chi connectivity index (χ3n) is 7.31. The molecule has 0 atom stereocenters. The Morgan fingerprint density at radius 1 is 1.09 bits per heavy atom. The van der Waals surface area contributed by atoms with E-state index in [1.165, 1.54) is 0 Å². The number of aromatic amines is 1. The van der Waals surface area contributed by atoms with Crippen LogP contribution in [-0.2, 0) is 6.42 Å². The Kier molecular flexibility index (Phi) is 4.20. The lowest BCUT2D eigenvalue weighted by molar-refractivity contribution is 0.103. The van der Waals surface area contributed by atoms with Gasteiger partial charge >= 0.3 is 0 Å². The minimum atomic E-state index is -0.241. The first-order valence-corrected chi connectivity index (χ1v) is 11.7. The van der Waals surface area contributed by atoms with Crippen LogP contribution >= 0.6 is 0 Å². The zero-order valence-electron chi connectivity index (χ0n) is 18.9. The third-order valence-corrected chi connectivity index (χ3v) is 7.31. The van der Waals surface area contributed by atoms with Gasteiger partial charge < -0.3 is 15.2 Å². The first kappa shape index (κ1) is 20.1. The number of rotatable bonds is 4. The van der Waals surface area contributed by atoms with E-state index in [1.54, 1.807) is 24.4 Å². The van der Waals surface area contributed by atoms with E-state index in [2.05, 4.69) is 37.3 Å². The molecule has 0 bridgehead atoms. The molecule has 0 radical (unpaired) electrons. The quantitative estimate of drug-likeness (QED) is 0.451. The number of carbonyl (C=O) groups excluding carboxylic acids is 1. The maximum absolute atomic E-state index is 13.4. The molecule has 7 rings (SSSR count). The average Bonchev–Trinajstić information content (AvgIpc) is 3.48. The zero-order valence-corrected chi connectivity index (χ0v) is 18.9. The Morgan fingerprint density at radius 3 is 2.77 bits per heavy atom. The van der Waals surface area contributed by atoms with Crippen LogP contribution in [0.3, 0.4) is 0 Å². The monoisotopic (exact) mass is 459 g/mol. The molecule has 170 valence electrons. The zero-order chi connectivity index (χ0) is 23.6. The smallest absolute Gasteiger partial charge is 0.228 e. The number of pyridine rings is 2. The van der Waals surface area contributed by atoms with Gasteiger partial charge in [-0.2, -0.15) is 5.26 Å². The van der Waals surface area contributed by atoms with Gasteiger partial charge in [0.15, 0.2) is 11.5 Å². The van der Waals surface area contributed by atoms with E-state index >= 15 is 0 Å². The van der Waals surface area contributed by atoms with E-state index < -0.39 is 0 Å². The van der Waals surface area contributed by atoms with E-state index in [-0.39, 0.29) is 11.6 Å². The molecule has 35 heavy (non-hydrogen) atoms. The highest BCUT2D eigenvalue weighted by Gasteiger charge is 2.48. The summed E-state index contributed by atoms with van der Waals surface area (Å²) in [7, 11) is 0. The molecular formula is C27H21N7O. The van der Waals surface area contributed by atoms with Gasteiger partial charge in [-0.3, -0.25) is 9.78 Å². The molecule has 5 heterocycles. The van der Waals surface area contributed by atoms with Crippen molar-refractivity contribution in [3.63, 3.8) is 0 Å². The van der Waals surface area contributed by atoms with E-state index in [1.807, 2.05) is 24.4 Å². The Bertz CT molecular complexity index is 1600. The average molecular weight is 460 g/mol. The number of anilines is 1. The lowest BCUT2D eigenvalue weighted by Gasteiger charge is -2.56. The van der Waals surface area contributed by atoms with Gasteiger partial charge in [-0.1, -0.05) is 12.2 Å². The van der Waals surface area contributed by atoms with Crippen LogP contribution in [0.2, 0.25) is 0 Å². The summed E-state index contributed by atoms with van der Waals surface area (Å²) in [6.07, 6.45) is 8.55. The first-order valence-electron chi connectivity index (χ1n) is 11.7. The number of H-pyrrole nitrogens is 1. The highest BCUT2D eigenvalue weighted by molar-refractivity contribution is 6.08. The standard InChI is InChI=1S/C27H21N7O/c28-9-17-5-4-16(8-20(17)21-11-29-10-18-2-1-3-19(18)21)24(35)26-31-22-6-7-23(32-25(22)33-26)34-14-27(15-34)12-30-13-27/h1,3-8,10-11,30H,2,12-15H2,(H,31,32,33). The van der Waals surface area contributed by atoms with Crippen LogP contribution in [0.25, 0.3) is 28.4 Å². The Hall–Kier alpha value is -4.35. The minimum absolute atomic E-state index is 0.236. The van der Waals surface area contributed by atoms with Crippen LogP contribution in [0.4, 0.5) is 5.82 Å². The molecule has 8 heteroatoms. The van der Waals surface area contributed by atoms with Crippen LogP contribution < -0.4 is 10.2 Å². The number of nitrogens with one attached hydrogen (secondary N) is 2. The van der Waals surface area contributed by atoms with Gasteiger partial charge in [0.25, 0.3) is 0 Å². The summed E-state index contributed by atoms with van der Waals surface area (Å²) in [4.78, 5) is 32.4. The number of ketones is 1. The molecule has 0 saturated carbocycles. The van der Waals surface area contributed by atoms with Crippen LogP contribution in [0.15, 0.2) is 48.8 Å². The van der Waals surface area contributed by atoms with Crippen LogP contribution in [0.5, 0.6) is 0 Å². The number of carbonyl (C=O) groups is 1. The molecule has 2 fully saturated rings. The van der Waals surface area contributed by atoms with Crippen LogP contribution in [0, 0.1) is 16.7 Å². The van der Waals surface area contributed by atoms with Gasteiger partial charge in [0.05, 0.1) is 17.1 Å². The number of imidazole rings is 1. The van der Waals surface area contributed by atoms with Gasteiger partial charge in [0, 0.05) is 60.7 Å². The van der Waals surface area contributed by atoms with Crippen molar-refractivity contribution in [2.75, 3.05) is 31.1 Å². The van der Waals surface area contributed by atoms with Crippen molar-refractivity contribution < 1.29 is 4.79 Å². The molecule has 1 aromatic carbocycles. The van der Waals surface area contributed by atoms with Crippen LogP contribution in [0.1, 0.15) is 32.9 Å². The van der Waals surface area contributed by atoms with Gasteiger partial charge in [-0.15, -0.1) is 0 Å². The van der Waals surface area contributed by atoms with Gasteiger partial charge in [0.1, 0.15) is 5.82 Å². The molecule has 3 aromatic heterocycles. The van der Waals surface area contributed by atoms with Crippen molar-refractivity contribution in [3.8, 4) is 17.2 Å². The number of fused-ring (bicyclic) bond motifs is 2. The summed E-state index contributed by atoms with van der Waals surface area (Å²) < 4.78 is 0. The largest absolute Gasteiger partial charge is 0.355 e. The molecule has 2 N–H and O–H groups in total. The summed E-state index contributed by atoms with van der Waals surface area (Å²) in [5.74, 6) is 0.884. The molecule has 2 saturated heterocycles. The number of benzene rings is 1. The Morgan fingerprint density at radius 2 is 1.97 bits per heavy atom. The molecule has 1 aliphatic carbocycles. The first-order chi connectivity index (χ1) is 17.1. The third kappa shape index (κ3) is 3.09. The number of hydrogen-bond donors (Lipinski definition) is 2. The van der Waals surface area contributed by atoms with E-state index in [9.17, 15) is 10.1 Å². The highest BCUT2D eigenvalue weighted by atomic mass is 16.1. The molecule has 8 nitrogen and oxygen atoms in total. The normalized spacial score (nSPS) is 17.2. The van der Waals surface area contributed by atoms with Crippen molar-refractivity contribution in [2.45, 2.75) is 6.42 Å². The molecule has 0 unspecified atom stereocenters. The fourth-order valence-corrected chi connectivity index (χ4v) is 5.33. The number of aromatic nitrogens is 4. The fraction of sp³-hybridized carbons (Fsp3) is 0.222. The topological polar surface area (TPSA) is 111 Å². The molecule has 4 aromatic rings. The second kappa shape index (κ2) is 7.32. The molecule has 1 spiro atoms. The molecular weight excluding hydrogens is 438 g/mol. The summed E-state index contributed by atoms with van der Waals surface area (Å²) in [6, 6.07) is 11.3. The Labute approximate surface area is 201 Å². The summed E-state index contributed by atoms with van der Waals surface area (Å²) >= 11 is 0. The van der Waals surface area contributed by atoms with Crippen molar-refractivity contribution in [1.29, 1.82) is 5.26 Å². The van der Waals surface area contributed by atoms with Crippen molar-refractivity contribution in [3.05, 3.63) is 76.9 Å². The second-order valence-electron chi connectivity index (χ2n) is 9.65. The predicted octanol–water partition coefficient (Wildman–Crippen LogP) is 3.10. The highest BCUT2D eigenvalue weighted by Crippen LogP contribution is 2.37. The summed E-state index contributed by atoms with van der Waals surface area (Å²) in [5, 5.41) is 13.1. The number of nitrogens with zero attached hydrogens (tertiary/aromatic N) is 5. The number of nitriles is 1. The maximum Gasteiger partial charge on any atom is 0.228 e. The fourth-order valence-electron chi connectivity index (χ4n) is 5.33. The van der Waals surface area contributed by atoms with Crippen molar-refractivity contribution in [1.82, 2.24) is 25.3 Å². The number of hydrogen-bond acceptors (Lipinski definition) is 7. The minimum Gasteiger partial charge on any atom is -0.355 e. The maximum atomic E-state index is 13.4. The van der Waals surface area contributed by atoms with E-state index in [4.69, 9.17) is 4.98 Å². The lowest BCUT2D eigenvalue weighted by atomic mass is 9.74. The second-order valence-corrected chi connectivity index (χ2v) is 9.65. The number of allylic oxidation sites excluding steroid dienone is 1. The molecule has 2 aliphatic heterocycles. The molecule has 0 amide bonds. The SMILES string of the molecule is N#Cc1ccc(C(=O)c2nc3nc(N4CC5(CNC5)C4)ccc3[nH]2)cc1-c1cncc2c1C=CC2. The van der Waals surface area contributed by atoms with Gasteiger partial charge in [0.2, 0.25) is 5.78 Å². The van der Waals surface area contributed by atoms with E-state index in [0.717, 1.165) is 60.6 Å². The summed E-state index contributed by atoms with van der Waals surface area (Å²) in [5.41, 5.74) is 6.33. The predicted molar refractivity (Wildman–Crippen MR) is 132 cm³/mol. The Balaban J connectivity index is 1.22. The van der Waals surface area contributed by atoms with Gasteiger partial charge in [-0.25, -0.2) is 9.97 Å². The van der Waals surface area contributed by atoms with Crippen molar-refractivity contribution >= 4 is 28.8 Å². The summed E-state index contributed by atoms with van der Waals surface area (Å²) in [6.45, 7) is 4.13. The van der Waals surface area contributed by atoms with Crippen molar-refractivity contribution in [2.24, 2.45) is 5.41 Å². The van der Waals surface area contributed by atoms with E-state index in [0.29, 0.717) is 27.8 Å².